The van der Waals surface area contributed by atoms with Gasteiger partial charge in [-0.3, -0.25) is 4.79 Å². The summed E-state index contributed by atoms with van der Waals surface area (Å²) in [5.41, 5.74) is 2.33. The van der Waals surface area contributed by atoms with Gasteiger partial charge in [0.25, 0.3) is 5.91 Å². The number of nitrogens with one attached hydrogen (secondary N) is 1. The van der Waals surface area contributed by atoms with Crippen LogP contribution in [0.2, 0.25) is 10.0 Å². The number of rotatable bonds is 4. The van der Waals surface area contributed by atoms with Crippen LogP contribution in [0, 0.1) is 0 Å². The molecule has 2 aromatic rings. The van der Waals surface area contributed by atoms with E-state index in [1.54, 1.807) is 43.3 Å². The molecule has 0 radical (unpaired) electrons. The van der Waals surface area contributed by atoms with Crippen LogP contribution >= 0.6 is 23.2 Å². The fourth-order valence-corrected chi connectivity index (χ4v) is 2.71. The second kappa shape index (κ2) is 6.83. The van der Waals surface area contributed by atoms with E-state index in [0.29, 0.717) is 22.2 Å². The van der Waals surface area contributed by atoms with Gasteiger partial charge in [0.1, 0.15) is 0 Å². The van der Waals surface area contributed by atoms with Crippen molar-refractivity contribution in [2.45, 2.75) is 6.54 Å². The van der Waals surface area contributed by atoms with Crippen LogP contribution in [0.15, 0.2) is 42.5 Å². The Morgan fingerprint density at radius 1 is 1.14 bits per heavy atom. The Morgan fingerprint density at radius 3 is 2.38 bits per heavy atom. The van der Waals surface area contributed by atoms with Crippen LogP contribution in [-0.4, -0.2) is 24.9 Å². The van der Waals surface area contributed by atoms with E-state index in [9.17, 15) is 4.79 Å². The van der Waals surface area contributed by atoms with Crippen LogP contribution in [0.4, 0.5) is 5.69 Å². The number of benzene rings is 2. The first kappa shape index (κ1) is 15.7. The molecule has 0 aliphatic heterocycles. The Hall–Kier alpha value is -1.71. The zero-order valence-corrected chi connectivity index (χ0v) is 13.4. The van der Waals surface area contributed by atoms with Gasteiger partial charge in [-0.05, 0) is 35.9 Å². The number of anilines is 1. The SMILES string of the molecule is CNc1ccccc1C(=O)N(C)Cc1cc(Cl)cc(Cl)c1. The van der Waals surface area contributed by atoms with Gasteiger partial charge in [0, 0.05) is 36.4 Å². The number of hydrogen-bond acceptors (Lipinski definition) is 2. The van der Waals surface area contributed by atoms with Gasteiger partial charge in [-0.2, -0.15) is 0 Å². The maximum atomic E-state index is 12.5. The first-order chi connectivity index (χ1) is 10.0. The summed E-state index contributed by atoms with van der Waals surface area (Å²) < 4.78 is 0. The molecular weight excluding hydrogens is 307 g/mol. The zero-order valence-electron chi connectivity index (χ0n) is 11.9. The van der Waals surface area contributed by atoms with Crippen LogP contribution in [0.25, 0.3) is 0 Å². The number of para-hydroxylation sites is 1. The van der Waals surface area contributed by atoms with E-state index >= 15 is 0 Å². The molecule has 0 spiro atoms. The predicted octanol–water partition coefficient (Wildman–Crippen LogP) is 4.31. The summed E-state index contributed by atoms with van der Waals surface area (Å²) in [5.74, 6) is -0.0592. The molecule has 110 valence electrons. The molecular formula is C16H16Cl2N2O. The molecule has 1 amide bonds. The summed E-state index contributed by atoms with van der Waals surface area (Å²) >= 11 is 12.0. The third kappa shape index (κ3) is 3.90. The first-order valence-electron chi connectivity index (χ1n) is 6.48. The van der Waals surface area contributed by atoms with E-state index in [0.717, 1.165) is 11.3 Å². The first-order valence-corrected chi connectivity index (χ1v) is 7.24. The fraction of sp³-hybridized carbons (Fsp3) is 0.188. The minimum absolute atomic E-state index is 0.0592. The maximum absolute atomic E-state index is 12.5. The maximum Gasteiger partial charge on any atom is 0.255 e. The summed E-state index contributed by atoms with van der Waals surface area (Å²) in [4.78, 5) is 14.2. The van der Waals surface area contributed by atoms with Crippen molar-refractivity contribution in [3.63, 3.8) is 0 Å². The van der Waals surface area contributed by atoms with Gasteiger partial charge in [-0.1, -0.05) is 35.3 Å². The van der Waals surface area contributed by atoms with Crippen LogP contribution in [0.3, 0.4) is 0 Å². The highest BCUT2D eigenvalue weighted by Gasteiger charge is 2.15. The summed E-state index contributed by atoms with van der Waals surface area (Å²) in [6.45, 7) is 0.442. The Morgan fingerprint density at radius 2 is 1.76 bits per heavy atom. The number of amides is 1. The van der Waals surface area contributed by atoms with Gasteiger partial charge in [0.2, 0.25) is 0 Å². The predicted molar refractivity (Wildman–Crippen MR) is 88.2 cm³/mol. The molecule has 0 fully saturated rings. The quantitative estimate of drug-likeness (QED) is 0.909. The van der Waals surface area contributed by atoms with Crippen LogP contribution < -0.4 is 5.32 Å². The Kier molecular flexibility index (Phi) is 5.10. The molecule has 0 saturated heterocycles. The molecule has 5 heteroatoms. The third-order valence-corrected chi connectivity index (χ3v) is 3.55. The molecule has 2 rings (SSSR count). The minimum Gasteiger partial charge on any atom is -0.387 e. The molecule has 0 aliphatic rings. The van der Waals surface area contributed by atoms with E-state index in [2.05, 4.69) is 5.32 Å². The molecule has 21 heavy (non-hydrogen) atoms. The van der Waals surface area contributed by atoms with Crippen molar-refractivity contribution in [2.75, 3.05) is 19.4 Å². The molecule has 0 aromatic heterocycles. The van der Waals surface area contributed by atoms with Crippen molar-refractivity contribution in [1.29, 1.82) is 0 Å². The smallest absolute Gasteiger partial charge is 0.255 e. The number of carbonyl (C=O) groups is 1. The molecule has 0 unspecified atom stereocenters. The lowest BCUT2D eigenvalue weighted by Crippen LogP contribution is -2.26. The molecule has 0 heterocycles. The summed E-state index contributed by atoms with van der Waals surface area (Å²) in [6.07, 6.45) is 0. The van der Waals surface area contributed by atoms with Crippen molar-refractivity contribution in [3.05, 3.63) is 63.6 Å². The normalized spacial score (nSPS) is 10.3. The standard InChI is InChI=1S/C16H16Cl2N2O/c1-19-15-6-4-3-5-14(15)16(21)20(2)10-11-7-12(17)9-13(18)8-11/h3-9,19H,10H2,1-2H3. The highest BCUT2D eigenvalue weighted by Crippen LogP contribution is 2.21. The monoisotopic (exact) mass is 322 g/mol. The van der Waals surface area contributed by atoms with Crippen molar-refractivity contribution in [2.24, 2.45) is 0 Å². The van der Waals surface area contributed by atoms with Crippen molar-refractivity contribution >= 4 is 34.8 Å². The van der Waals surface area contributed by atoms with Gasteiger partial charge < -0.3 is 10.2 Å². The van der Waals surface area contributed by atoms with Crippen LogP contribution in [0.5, 0.6) is 0 Å². The van der Waals surface area contributed by atoms with Gasteiger partial charge in [-0.25, -0.2) is 0 Å². The van der Waals surface area contributed by atoms with E-state index in [1.807, 2.05) is 18.2 Å². The summed E-state index contributed by atoms with van der Waals surface area (Å²) in [6, 6.07) is 12.7. The lowest BCUT2D eigenvalue weighted by atomic mass is 10.1. The largest absolute Gasteiger partial charge is 0.387 e. The summed E-state index contributed by atoms with van der Waals surface area (Å²) in [7, 11) is 3.55. The molecule has 0 atom stereocenters. The molecule has 3 nitrogen and oxygen atoms in total. The third-order valence-electron chi connectivity index (χ3n) is 3.12. The Bertz CT molecular complexity index is 638. The van der Waals surface area contributed by atoms with Crippen molar-refractivity contribution in [3.8, 4) is 0 Å². The second-order valence-corrected chi connectivity index (χ2v) is 5.61. The lowest BCUT2D eigenvalue weighted by Gasteiger charge is -2.19. The van der Waals surface area contributed by atoms with E-state index in [-0.39, 0.29) is 5.91 Å². The van der Waals surface area contributed by atoms with E-state index in [1.165, 1.54) is 0 Å². The number of hydrogen-bond donors (Lipinski definition) is 1. The van der Waals surface area contributed by atoms with Gasteiger partial charge >= 0.3 is 0 Å². The fourth-order valence-electron chi connectivity index (χ4n) is 2.14. The lowest BCUT2D eigenvalue weighted by molar-refractivity contribution is 0.0786. The zero-order chi connectivity index (χ0) is 15.4. The van der Waals surface area contributed by atoms with E-state index < -0.39 is 0 Å². The second-order valence-electron chi connectivity index (χ2n) is 4.73. The van der Waals surface area contributed by atoms with Gasteiger partial charge in [-0.15, -0.1) is 0 Å². The number of nitrogens with zero attached hydrogens (tertiary/aromatic N) is 1. The number of carbonyl (C=O) groups excluding carboxylic acids is 1. The van der Waals surface area contributed by atoms with Crippen molar-refractivity contribution < 1.29 is 4.79 Å². The topological polar surface area (TPSA) is 32.3 Å². The van der Waals surface area contributed by atoms with Crippen LogP contribution in [0.1, 0.15) is 15.9 Å². The van der Waals surface area contributed by atoms with E-state index in [4.69, 9.17) is 23.2 Å². The molecule has 2 aromatic carbocycles. The molecule has 0 bridgehead atoms. The average molecular weight is 323 g/mol. The Labute approximate surface area is 134 Å². The number of halogens is 2. The molecule has 1 N–H and O–H groups in total. The minimum atomic E-state index is -0.0592. The van der Waals surface area contributed by atoms with Crippen molar-refractivity contribution in [1.82, 2.24) is 4.90 Å². The van der Waals surface area contributed by atoms with Gasteiger partial charge in [0.15, 0.2) is 0 Å². The van der Waals surface area contributed by atoms with Crippen LogP contribution in [-0.2, 0) is 6.54 Å². The highest BCUT2D eigenvalue weighted by atomic mass is 35.5. The average Bonchev–Trinajstić information content (AvgIpc) is 2.45. The molecule has 0 aliphatic carbocycles. The van der Waals surface area contributed by atoms with Gasteiger partial charge in [0.05, 0.1) is 5.56 Å². The summed E-state index contributed by atoms with van der Waals surface area (Å²) in [5, 5.41) is 4.15. The molecule has 0 saturated carbocycles. The highest BCUT2D eigenvalue weighted by molar-refractivity contribution is 6.34. The Balaban J connectivity index is 2.19.